The van der Waals surface area contributed by atoms with Gasteiger partial charge in [0, 0.05) is 11.8 Å². The van der Waals surface area contributed by atoms with Crippen molar-refractivity contribution in [1.29, 1.82) is 0 Å². The fourth-order valence-electron chi connectivity index (χ4n) is 3.61. The topological polar surface area (TPSA) is 84.5 Å². The average molecular weight is 408 g/mol. The molecule has 2 N–H and O–H groups in total. The van der Waals surface area contributed by atoms with Crippen molar-refractivity contribution in [2.24, 2.45) is 5.92 Å². The van der Waals surface area contributed by atoms with Gasteiger partial charge in [-0.05, 0) is 35.6 Å². The lowest BCUT2D eigenvalue weighted by Gasteiger charge is -2.17. The molecule has 2 aromatic carbocycles. The van der Waals surface area contributed by atoms with Crippen molar-refractivity contribution in [3.8, 4) is 11.1 Å². The third kappa shape index (κ3) is 4.70. The van der Waals surface area contributed by atoms with Crippen molar-refractivity contribution < 1.29 is 19.1 Å². The SMILES string of the molecule is CC[C@H](C)C(=O)CNC(=O)[C@H](C)NC(=O)OCC1c2ccccc2-c2ccccc21. The zero-order valence-corrected chi connectivity index (χ0v) is 17.6. The fourth-order valence-corrected chi connectivity index (χ4v) is 3.61. The van der Waals surface area contributed by atoms with Crippen LogP contribution in [0.2, 0.25) is 0 Å². The van der Waals surface area contributed by atoms with Crippen LogP contribution < -0.4 is 10.6 Å². The zero-order valence-electron chi connectivity index (χ0n) is 17.6. The molecule has 0 heterocycles. The number of benzene rings is 2. The Morgan fingerprint density at radius 2 is 1.53 bits per heavy atom. The number of carbonyl (C=O) groups is 3. The lowest BCUT2D eigenvalue weighted by atomic mass is 9.98. The minimum Gasteiger partial charge on any atom is -0.449 e. The number of ether oxygens (including phenoxy) is 1. The Labute approximate surface area is 177 Å². The standard InChI is InChI=1S/C24H28N2O4/c1-4-15(2)22(27)13-25-23(28)16(3)26-24(29)30-14-21-19-11-7-5-9-17(19)18-10-6-8-12-20(18)21/h5-12,15-16,21H,4,13-14H2,1-3H3,(H,25,28)(H,26,29)/t15-,16-/m0/s1. The lowest BCUT2D eigenvalue weighted by Crippen LogP contribution is -2.46. The van der Waals surface area contributed by atoms with Crippen LogP contribution in [0, 0.1) is 5.92 Å². The second-order valence-corrected chi connectivity index (χ2v) is 7.68. The van der Waals surface area contributed by atoms with Crippen LogP contribution in [0.15, 0.2) is 48.5 Å². The van der Waals surface area contributed by atoms with E-state index in [1.54, 1.807) is 6.92 Å². The smallest absolute Gasteiger partial charge is 0.407 e. The molecule has 6 heteroatoms. The van der Waals surface area contributed by atoms with Crippen LogP contribution in [0.4, 0.5) is 4.79 Å². The Balaban J connectivity index is 1.54. The number of hydrogen-bond acceptors (Lipinski definition) is 4. The fraction of sp³-hybridized carbons (Fsp3) is 0.375. The molecule has 6 nitrogen and oxygen atoms in total. The van der Waals surface area contributed by atoms with Crippen molar-refractivity contribution in [2.75, 3.05) is 13.2 Å². The second kappa shape index (κ2) is 9.57. The molecule has 0 unspecified atom stereocenters. The number of fused-ring (bicyclic) bond motifs is 3. The molecule has 0 spiro atoms. The van der Waals surface area contributed by atoms with Crippen molar-refractivity contribution in [3.63, 3.8) is 0 Å². The number of amides is 2. The number of ketones is 1. The number of hydrogen-bond donors (Lipinski definition) is 2. The van der Waals surface area contributed by atoms with Gasteiger partial charge < -0.3 is 15.4 Å². The van der Waals surface area contributed by atoms with Gasteiger partial charge in [-0.3, -0.25) is 9.59 Å². The monoisotopic (exact) mass is 408 g/mol. The first kappa shape index (κ1) is 21.6. The van der Waals surface area contributed by atoms with Gasteiger partial charge in [-0.2, -0.15) is 0 Å². The number of alkyl carbamates (subject to hydrolysis) is 1. The molecule has 2 amide bonds. The molecule has 30 heavy (non-hydrogen) atoms. The van der Waals surface area contributed by atoms with Crippen LogP contribution in [-0.4, -0.2) is 37.0 Å². The van der Waals surface area contributed by atoms with E-state index >= 15 is 0 Å². The van der Waals surface area contributed by atoms with Crippen LogP contribution in [0.1, 0.15) is 44.2 Å². The largest absolute Gasteiger partial charge is 0.449 e. The van der Waals surface area contributed by atoms with E-state index in [-0.39, 0.29) is 30.8 Å². The molecule has 3 rings (SSSR count). The van der Waals surface area contributed by atoms with Crippen LogP contribution in [-0.2, 0) is 14.3 Å². The molecule has 1 aliphatic carbocycles. The number of nitrogens with one attached hydrogen (secondary N) is 2. The minimum absolute atomic E-state index is 0.0285. The lowest BCUT2D eigenvalue weighted by molar-refractivity contribution is -0.127. The van der Waals surface area contributed by atoms with Crippen LogP contribution in [0.5, 0.6) is 0 Å². The Hall–Kier alpha value is -3.15. The van der Waals surface area contributed by atoms with Gasteiger partial charge >= 0.3 is 6.09 Å². The second-order valence-electron chi connectivity index (χ2n) is 7.68. The van der Waals surface area contributed by atoms with E-state index in [4.69, 9.17) is 4.74 Å². The molecular formula is C24H28N2O4. The molecule has 158 valence electrons. The normalized spacial score (nSPS) is 14.2. The van der Waals surface area contributed by atoms with Crippen LogP contribution in [0.3, 0.4) is 0 Å². The van der Waals surface area contributed by atoms with Gasteiger partial charge in [0.15, 0.2) is 5.78 Å². The van der Waals surface area contributed by atoms with E-state index < -0.39 is 18.0 Å². The maximum atomic E-state index is 12.3. The molecule has 0 aliphatic heterocycles. The number of carbonyl (C=O) groups excluding carboxylic acids is 3. The number of rotatable bonds is 8. The highest BCUT2D eigenvalue weighted by Gasteiger charge is 2.29. The average Bonchev–Trinajstić information content (AvgIpc) is 3.08. The zero-order chi connectivity index (χ0) is 21.7. The quantitative estimate of drug-likeness (QED) is 0.698. The Bertz CT molecular complexity index is 895. The molecule has 2 aromatic rings. The first-order valence-electron chi connectivity index (χ1n) is 10.3. The van der Waals surface area contributed by atoms with E-state index in [2.05, 4.69) is 22.8 Å². The van der Waals surface area contributed by atoms with Gasteiger partial charge in [-0.25, -0.2) is 4.79 Å². The van der Waals surface area contributed by atoms with Crippen molar-refractivity contribution in [3.05, 3.63) is 59.7 Å². The van der Waals surface area contributed by atoms with Gasteiger partial charge in [-0.1, -0.05) is 62.4 Å². The first-order chi connectivity index (χ1) is 14.4. The van der Waals surface area contributed by atoms with Gasteiger partial charge in [0.1, 0.15) is 12.6 Å². The van der Waals surface area contributed by atoms with E-state index in [9.17, 15) is 14.4 Å². The molecule has 0 bridgehead atoms. The summed E-state index contributed by atoms with van der Waals surface area (Å²) >= 11 is 0. The molecule has 0 radical (unpaired) electrons. The van der Waals surface area contributed by atoms with E-state index in [1.807, 2.05) is 50.2 Å². The van der Waals surface area contributed by atoms with Gasteiger partial charge in [0.2, 0.25) is 5.91 Å². The third-order valence-electron chi connectivity index (χ3n) is 5.67. The third-order valence-corrected chi connectivity index (χ3v) is 5.67. The predicted octanol–water partition coefficient (Wildman–Crippen LogP) is 3.65. The molecule has 0 aromatic heterocycles. The maximum Gasteiger partial charge on any atom is 0.407 e. The summed E-state index contributed by atoms with van der Waals surface area (Å²) in [6, 6.07) is 15.4. The minimum atomic E-state index is -0.801. The summed E-state index contributed by atoms with van der Waals surface area (Å²) in [5.74, 6) is -0.588. The summed E-state index contributed by atoms with van der Waals surface area (Å²) in [4.78, 5) is 36.2. The van der Waals surface area contributed by atoms with Crippen molar-refractivity contribution >= 4 is 17.8 Å². The van der Waals surface area contributed by atoms with E-state index in [0.29, 0.717) is 0 Å². The van der Waals surface area contributed by atoms with Crippen LogP contribution >= 0.6 is 0 Å². The molecule has 1 aliphatic rings. The van der Waals surface area contributed by atoms with Gasteiger partial charge in [-0.15, -0.1) is 0 Å². The van der Waals surface area contributed by atoms with Crippen LogP contribution in [0.25, 0.3) is 11.1 Å². The molecular weight excluding hydrogens is 380 g/mol. The summed E-state index contributed by atoms with van der Waals surface area (Å²) in [7, 11) is 0. The Morgan fingerprint density at radius 3 is 2.10 bits per heavy atom. The highest BCUT2D eigenvalue weighted by atomic mass is 16.5. The highest BCUT2D eigenvalue weighted by molar-refractivity contribution is 5.90. The number of Topliss-reactive ketones (excluding diaryl/α,β-unsaturated/α-hetero) is 1. The van der Waals surface area contributed by atoms with E-state index in [0.717, 1.165) is 28.7 Å². The van der Waals surface area contributed by atoms with Gasteiger partial charge in [0.25, 0.3) is 0 Å². The van der Waals surface area contributed by atoms with Crippen molar-refractivity contribution in [2.45, 2.75) is 39.2 Å². The predicted molar refractivity (Wildman–Crippen MR) is 115 cm³/mol. The van der Waals surface area contributed by atoms with Crippen molar-refractivity contribution in [1.82, 2.24) is 10.6 Å². The summed E-state index contributed by atoms with van der Waals surface area (Å²) in [6.07, 6.45) is 0.0650. The summed E-state index contributed by atoms with van der Waals surface area (Å²) < 4.78 is 5.44. The molecule has 0 saturated heterocycles. The maximum absolute atomic E-state index is 12.3. The first-order valence-corrected chi connectivity index (χ1v) is 10.3. The molecule has 0 saturated carbocycles. The molecule has 2 atom stereocenters. The molecule has 0 fully saturated rings. The highest BCUT2D eigenvalue weighted by Crippen LogP contribution is 2.44. The summed E-state index contributed by atoms with van der Waals surface area (Å²) in [5, 5.41) is 5.10. The summed E-state index contributed by atoms with van der Waals surface area (Å²) in [5.41, 5.74) is 4.56. The Morgan fingerprint density at radius 1 is 0.967 bits per heavy atom. The summed E-state index contributed by atoms with van der Waals surface area (Å²) in [6.45, 7) is 5.45. The van der Waals surface area contributed by atoms with E-state index in [1.165, 1.54) is 0 Å². The van der Waals surface area contributed by atoms with Gasteiger partial charge in [0.05, 0.1) is 6.54 Å². The Kier molecular flexibility index (Phi) is 6.87.